The van der Waals surface area contributed by atoms with Crippen molar-refractivity contribution in [2.45, 2.75) is 53.0 Å². The Hall–Kier alpha value is -2.85. The number of carbonyl (C=O) groups is 1. The summed E-state index contributed by atoms with van der Waals surface area (Å²) in [6.45, 7) is 16.4. The van der Waals surface area contributed by atoms with E-state index >= 15 is 0 Å². The summed E-state index contributed by atoms with van der Waals surface area (Å²) >= 11 is 0. The molecule has 0 spiro atoms. The first-order valence-electron chi connectivity index (χ1n) is 12.6. The van der Waals surface area contributed by atoms with Gasteiger partial charge >= 0.3 is 0 Å². The van der Waals surface area contributed by atoms with Crippen molar-refractivity contribution < 1.29 is 9.53 Å². The lowest BCUT2D eigenvalue weighted by atomic mass is 9.88. The van der Waals surface area contributed by atoms with Crippen molar-refractivity contribution in [1.29, 1.82) is 0 Å². The third kappa shape index (κ3) is 5.61. The zero-order valence-electron chi connectivity index (χ0n) is 21.6. The third-order valence-corrected chi connectivity index (χ3v) is 6.83. The Morgan fingerprint density at radius 1 is 0.941 bits per heavy atom. The van der Waals surface area contributed by atoms with Crippen LogP contribution < -0.4 is 4.74 Å². The molecule has 182 valence electrons. The Balaban J connectivity index is 0.00000158. The maximum absolute atomic E-state index is 13.5. The molecule has 0 radical (unpaired) electrons. The van der Waals surface area contributed by atoms with E-state index in [0.29, 0.717) is 0 Å². The molecule has 0 aromatic heterocycles. The fourth-order valence-corrected chi connectivity index (χ4v) is 4.91. The van der Waals surface area contributed by atoms with Crippen molar-refractivity contribution in [2.75, 3.05) is 33.3 Å². The van der Waals surface area contributed by atoms with Crippen LogP contribution in [-0.2, 0) is 4.79 Å². The second kappa shape index (κ2) is 12.0. The average Bonchev–Trinajstić information content (AvgIpc) is 3.14. The highest BCUT2D eigenvalue weighted by Gasteiger charge is 2.39. The topological polar surface area (TPSA) is 32.8 Å². The van der Waals surface area contributed by atoms with E-state index in [4.69, 9.17) is 4.74 Å². The van der Waals surface area contributed by atoms with E-state index in [2.05, 4.69) is 54.8 Å². The van der Waals surface area contributed by atoms with Crippen molar-refractivity contribution in [3.63, 3.8) is 0 Å². The number of piperidine rings is 1. The van der Waals surface area contributed by atoms with E-state index < -0.39 is 0 Å². The van der Waals surface area contributed by atoms with Gasteiger partial charge in [0.15, 0.2) is 0 Å². The van der Waals surface area contributed by atoms with Crippen molar-refractivity contribution in [3.8, 4) is 5.75 Å². The van der Waals surface area contributed by atoms with E-state index in [0.717, 1.165) is 59.8 Å². The van der Waals surface area contributed by atoms with Crippen LogP contribution in [0.3, 0.4) is 0 Å². The fraction of sp³-hybridized carbons (Fsp3) is 0.433. The van der Waals surface area contributed by atoms with Gasteiger partial charge in [0.1, 0.15) is 5.75 Å². The van der Waals surface area contributed by atoms with E-state index in [9.17, 15) is 4.79 Å². The standard InChI is InChI=1S/C28H34N2O2.C2H6/c1-20-8-10-23(11-9-20)21(2)26-22(3)28(31)30(19-18-29-16-6-5-7-17-29)27(26)24-12-14-25(32-4)15-13-24;1-2/h8-15,27H,2,5-7,16-19H2,1,3-4H3;1-2H3. The molecule has 0 aliphatic carbocycles. The summed E-state index contributed by atoms with van der Waals surface area (Å²) in [6.07, 6.45) is 3.82. The van der Waals surface area contributed by atoms with Gasteiger partial charge in [-0.15, -0.1) is 0 Å². The number of likely N-dealkylation sites (tertiary alicyclic amines) is 1. The van der Waals surface area contributed by atoms with Crippen LogP contribution in [0.25, 0.3) is 5.57 Å². The zero-order valence-corrected chi connectivity index (χ0v) is 21.6. The summed E-state index contributed by atoms with van der Waals surface area (Å²) in [7, 11) is 1.67. The second-order valence-corrected chi connectivity index (χ2v) is 8.96. The number of hydrogen-bond donors (Lipinski definition) is 0. The van der Waals surface area contributed by atoms with Crippen LogP contribution in [0, 0.1) is 6.92 Å². The molecule has 4 nitrogen and oxygen atoms in total. The number of nitrogens with zero attached hydrogens (tertiary/aromatic N) is 2. The molecule has 4 heteroatoms. The normalized spacial score (nSPS) is 18.6. The van der Waals surface area contributed by atoms with Crippen LogP contribution in [-0.4, -0.2) is 49.0 Å². The van der Waals surface area contributed by atoms with E-state index in [1.165, 1.54) is 24.8 Å². The summed E-state index contributed by atoms with van der Waals surface area (Å²) in [5.74, 6) is 0.934. The third-order valence-electron chi connectivity index (χ3n) is 6.83. The van der Waals surface area contributed by atoms with Crippen LogP contribution in [0.1, 0.15) is 62.8 Å². The van der Waals surface area contributed by atoms with Crippen LogP contribution >= 0.6 is 0 Å². The first-order valence-corrected chi connectivity index (χ1v) is 12.6. The number of rotatable bonds is 7. The number of aryl methyl sites for hydroxylation is 1. The molecular formula is C30H40N2O2. The molecule has 0 bridgehead atoms. The highest BCUT2D eigenvalue weighted by Crippen LogP contribution is 2.44. The van der Waals surface area contributed by atoms with Crippen molar-refractivity contribution >= 4 is 11.5 Å². The molecule has 0 N–H and O–H groups in total. The van der Waals surface area contributed by atoms with Gasteiger partial charge in [-0.1, -0.05) is 68.8 Å². The monoisotopic (exact) mass is 460 g/mol. The maximum atomic E-state index is 13.5. The lowest BCUT2D eigenvalue weighted by Gasteiger charge is -2.32. The molecule has 0 saturated carbocycles. The zero-order chi connectivity index (χ0) is 24.7. The van der Waals surface area contributed by atoms with Gasteiger partial charge in [0.25, 0.3) is 5.91 Å². The molecule has 4 rings (SSSR count). The first-order chi connectivity index (χ1) is 16.5. The fourth-order valence-electron chi connectivity index (χ4n) is 4.91. The minimum atomic E-state index is -0.132. The number of benzene rings is 2. The minimum absolute atomic E-state index is 0.117. The number of amides is 1. The largest absolute Gasteiger partial charge is 0.497 e. The van der Waals surface area contributed by atoms with Crippen molar-refractivity contribution in [2.24, 2.45) is 0 Å². The van der Waals surface area contributed by atoms with Gasteiger partial charge in [0.05, 0.1) is 13.2 Å². The molecule has 1 atom stereocenters. The second-order valence-electron chi connectivity index (χ2n) is 8.96. The van der Waals surface area contributed by atoms with Crippen LogP contribution in [0.4, 0.5) is 0 Å². The smallest absolute Gasteiger partial charge is 0.250 e. The van der Waals surface area contributed by atoms with Gasteiger partial charge in [-0.2, -0.15) is 0 Å². The lowest BCUT2D eigenvalue weighted by molar-refractivity contribution is -0.127. The summed E-state index contributed by atoms with van der Waals surface area (Å²) in [5.41, 5.74) is 6.13. The minimum Gasteiger partial charge on any atom is -0.497 e. The van der Waals surface area contributed by atoms with Crippen LogP contribution in [0.15, 0.2) is 66.3 Å². The molecule has 34 heavy (non-hydrogen) atoms. The summed E-state index contributed by atoms with van der Waals surface area (Å²) < 4.78 is 5.37. The Kier molecular flexibility index (Phi) is 9.12. The van der Waals surface area contributed by atoms with Gasteiger partial charge < -0.3 is 14.5 Å². The summed E-state index contributed by atoms with van der Waals surface area (Å²) in [6, 6.07) is 16.4. The van der Waals surface area contributed by atoms with Gasteiger partial charge in [-0.05, 0) is 74.2 Å². The number of methoxy groups -OCH3 is 1. The van der Waals surface area contributed by atoms with Crippen LogP contribution in [0.5, 0.6) is 5.75 Å². The highest BCUT2D eigenvalue weighted by molar-refractivity contribution is 6.03. The first kappa shape index (κ1) is 25.8. The predicted octanol–water partition coefficient (Wildman–Crippen LogP) is 6.43. The SMILES string of the molecule is C=C(C1=C(C)C(=O)N(CCN2CCCCC2)C1c1ccc(OC)cc1)c1ccc(C)cc1.CC. The van der Waals surface area contributed by atoms with E-state index in [-0.39, 0.29) is 11.9 Å². The molecule has 1 unspecified atom stereocenters. The molecule has 1 amide bonds. The Morgan fingerprint density at radius 2 is 1.56 bits per heavy atom. The lowest BCUT2D eigenvalue weighted by Crippen LogP contribution is -2.40. The van der Waals surface area contributed by atoms with Crippen LogP contribution in [0.2, 0.25) is 0 Å². The molecule has 2 aromatic carbocycles. The molecule has 2 aliphatic rings. The Morgan fingerprint density at radius 3 is 2.15 bits per heavy atom. The Bertz CT molecular complexity index is 999. The van der Waals surface area contributed by atoms with Gasteiger partial charge in [0, 0.05) is 18.7 Å². The predicted molar refractivity (Wildman–Crippen MR) is 142 cm³/mol. The molecular weight excluding hydrogens is 420 g/mol. The van der Waals surface area contributed by atoms with Gasteiger partial charge in [0.2, 0.25) is 0 Å². The Labute approximate surface area is 205 Å². The van der Waals surface area contributed by atoms with E-state index in [1.807, 2.05) is 37.8 Å². The average molecular weight is 461 g/mol. The molecule has 1 saturated heterocycles. The number of carbonyl (C=O) groups excluding carboxylic acids is 1. The summed E-state index contributed by atoms with van der Waals surface area (Å²) in [5, 5.41) is 0. The number of ether oxygens (including phenoxy) is 1. The van der Waals surface area contributed by atoms with Crippen molar-refractivity contribution in [3.05, 3.63) is 82.9 Å². The van der Waals surface area contributed by atoms with E-state index in [1.54, 1.807) is 7.11 Å². The molecule has 2 heterocycles. The number of hydrogen-bond acceptors (Lipinski definition) is 3. The van der Waals surface area contributed by atoms with Crippen molar-refractivity contribution in [1.82, 2.24) is 9.80 Å². The quantitative estimate of drug-likeness (QED) is 0.477. The molecule has 2 aliphatic heterocycles. The highest BCUT2D eigenvalue weighted by atomic mass is 16.5. The maximum Gasteiger partial charge on any atom is 0.250 e. The molecule has 1 fully saturated rings. The summed E-state index contributed by atoms with van der Waals surface area (Å²) in [4.78, 5) is 18.0. The van der Waals surface area contributed by atoms with Gasteiger partial charge in [-0.3, -0.25) is 4.79 Å². The van der Waals surface area contributed by atoms with Gasteiger partial charge in [-0.25, -0.2) is 0 Å². The molecule has 2 aromatic rings.